The number of hydrogen-bond donors (Lipinski definition) is 2. The smallest absolute Gasteiger partial charge is 0.265 e. The summed E-state index contributed by atoms with van der Waals surface area (Å²) < 4.78 is 1.48. The Balaban J connectivity index is 2.97. The van der Waals surface area contributed by atoms with Crippen molar-refractivity contribution in [3.8, 4) is 5.75 Å². The summed E-state index contributed by atoms with van der Waals surface area (Å²) in [5, 5.41) is 9.78. The van der Waals surface area contributed by atoms with E-state index in [2.05, 4.69) is 0 Å². The number of aromatic hydroxyl groups is 1. The first-order valence-corrected chi connectivity index (χ1v) is 4.63. The number of nitrogens with zero attached hydrogens (tertiary/aromatic N) is 1. The van der Waals surface area contributed by atoms with Crippen molar-refractivity contribution in [2.45, 2.75) is 0 Å². The number of fused-ring (bicyclic) bond motifs is 1. The van der Waals surface area contributed by atoms with Crippen molar-refractivity contribution in [2.24, 2.45) is 12.8 Å². The molecule has 0 atom stereocenters. The zero-order valence-corrected chi connectivity index (χ0v) is 8.60. The second-order valence-corrected chi connectivity index (χ2v) is 3.52. The summed E-state index contributed by atoms with van der Waals surface area (Å²) >= 11 is 0. The highest BCUT2D eigenvalue weighted by atomic mass is 16.3. The van der Waals surface area contributed by atoms with Crippen LogP contribution < -0.4 is 11.2 Å². The maximum Gasteiger partial charge on any atom is 0.265 e. The van der Waals surface area contributed by atoms with Gasteiger partial charge in [0.25, 0.3) is 5.91 Å². The minimum absolute atomic E-state index is 0.0316. The fourth-order valence-corrected chi connectivity index (χ4v) is 1.67. The lowest BCUT2D eigenvalue weighted by Crippen LogP contribution is -2.21. The van der Waals surface area contributed by atoms with Gasteiger partial charge in [-0.3, -0.25) is 9.59 Å². The lowest BCUT2D eigenvalue weighted by atomic mass is 10.1. The number of nitrogens with two attached hydrogens (primary N) is 1. The molecule has 0 aliphatic heterocycles. The van der Waals surface area contributed by atoms with Crippen molar-refractivity contribution in [1.82, 2.24) is 4.57 Å². The van der Waals surface area contributed by atoms with E-state index in [1.807, 2.05) is 0 Å². The lowest BCUT2D eigenvalue weighted by Gasteiger charge is -2.09. The van der Waals surface area contributed by atoms with Gasteiger partial charge in [-0.05, 0) is 12.1 Å². The molecule has 5 nitrogen and oxygen atoms in total. The number of hydrogen-bond acceptors (Lipinski definition) is 3. The van der Waals surface area contributed by atoms with Crippen molar-refractivity contribution in [3.63, 3.8) is 0 Å². The summed E-state index contributed by atoms with van der Waals surface area (Å²) in [6.45, 7) is 0. The van der Waals surface area contributed by atoms with E-state index in [4.69, 9.17) is 5.73 Å². The fraction of sp³-hybridized carbons (Fsp3) is 0.0909. The molecule has 16 heavy (non-hydrogen) atoms. The second-order valence-electron chi connectivity index (χ2n) is 3.52. The molecular formula is C11H10N2O3. The predicted molar refractivity (Wildman–Crippen MR) is 59.4 cm³/mol. The van der Waals surface area contributed by atoms with Crippen LogP contribution in [0.5, 0.6) is 5.75 Å². The predicted octanol–water partition coefficient (Wildman–Crippen LogP) is 0.343. The summed E-state index contributed by atoms with van der Waals surface area (Å²) in [6.07, 6.45) is 0. The highest BCUT2D eigenvalue weighted by Gasteiger charge is 2.10. The van der Waals surface area contributed by atoms with Crippen LogP contribution in [0.4, 0.5) is 0 Å². The number of carbonyl (C=O) groups excluding carboxylic acids is 1. The number of amides is 1. The van der Waals surface area contributed by atoms with Gasteiger partial charge in [0.15, 0.2) is 5.43 Å². The fourth-order valence-electron chi connectivity index (χ4n) is 1.67. The van der Waals surface area contributed by atoms with Gasteiger partial charge in [0, 0.05) is 24.6 Å². The normalized spacial score (nSPS) is 10.6. The van der Waals surface area contributed by atoms with Gasteiger partial charge >= 0.3 is 0 Å². The van der Waals surface area contributed by atoms with Gasteiger partial charge in [0.05, 0.1) is 5.52 Å². The Bertz CT molecular complexity index is 643. The number of aromatic nitrogens is 1. The van der Waals surface area contributed by atoms with Crippen LogP contribution in [0, 0.1) is 0 Å². The second kappa shape index (κ2) is 3.37. The van der Waals surface area contributed by atoms with Gasteiger partial charge in [-0.25, -0.2) is 0 Å². The number of carbonyl (C=O) groups is 1. The SMILES string of the molecule is Cn1c(C(N)=O)cc(=O)c2ccc(O)cc21. The van der Waals surface area contributed by atoms with E-state index < -0.39 is 5.91 Å². The molecule has 2 aromatic rings. The Kier molecular flexibility index (Phi) is 2.16. The number of benzene rings is 1. The molecule has 1 amide bonds. The molecule has 0 bridgehead atoms. The monoisotopic (exact) mass is 218 g/mol. The van der Waals surface area contributed by atoms with E-state index >= 15 is 0 Å². The molecule has 3 N–H and O–H groups in total. The van der Waals surface area contributed by atoms with Crippen molar-refractivity contribution < 1.29 is 9.90 Å². The van der Waals surface area contributed by atoms with Crippen molar-refractivity contribution in [2.75, 3.05) is 0 Å². The van der Waals surface area contributed by atoms with Gasteiger partial charge in [0.1, 0.15) is 11.4 Å². The summed E-state index contributed by atoms with van der Waals surface area (Å²) in [7, 11) is 1.61. The summed E-state index contributed by atoms with van der Waals surface area (Å²) in [6, 6.07) is 5.55. The zero-order valence-electron chi connectivity index (χ0n) is 8.60. The van der Waals surface area contributed by atoms with Crippen LogP contribution >= 0.6 is 0 Å². The molecule has 0 saturated carbocycles. The zero-order chi connectivity index (χ0) is 11.9. The lowest BCUT2D eigenvalue weighted by molar-refractivity contribution is 0.0992. The Labute approximate surface area is 90.7 Å². The Morgan fingerprint density at radius 2 is 2.06 bits per heavy atom. The molecule has 0 aliphatic carbocycles. The van der Waals surface area contributed by atoms with E-state index in [1.165, 1.54) is 28.8 Å². The van der Waals surface area contributed by atoms with Crippen LogP contribution in [0.3, 0.4) is 0 Å². The summed E-state index contributed by atoms with van der Waals surface area (Å²) in [4.78, 5) is 22.8. The van der Waals surface area contributed by atoms with E-state index in [1.54, 1.807) is 7.05 Å². The molecule has 0 fully saturated rings. The topological polar surface area (TPSA) is 85.3 Å². The third-order valence-corrected chi connectivity index (χ3v) is 2.49. The van der Waals surface area contributed by atoms with Crippen molar-refractivity contribution >= 4 is 16.8 Å². The third-order valence-electron chi connectivity index (χ3n) is 2.49. The summed E-state index contributed by atoms with van der Waals surface area (Å²) in [5.41, 5.74) is 5.45. The number of phenols is 1. The van der Waals surface area contributed by atoms with Gasteiger partial charge in [-0.15, -0.1) is 0 Å². The van der Waals surface area contributed by atoms with Gasteiger partial charge in [0.2, 0.25) is 0 Å². The Morgan fingerprint density at radius 1 is 1.38 bits per heavy atom. The van der Waals surface area contributed by atoms with Gasteiger partial charge in [-0.1, -0.05) is 0 Å². The van der Waals surface area contributed by atoms with Crippen LogP contribution in [0.25, 0.3) is 10.9 Å². The van der Waals surface area contributed by atoms with Gasteiger partial charge < -0.3 is 15.4 Å². The minimum Gasteiger partial charge on any atom is -0.508 e. The number of rotatable bonds is 1. The van der Waals surface area contributed by atoms with E-state index in [9.17, 15) is 14.7 Å². The van der Waals surface area contributed by atoms with Crippen molar-refractivity contribution in [1.29, 1.82) is 0 Å². The molecule has 5 heteroatoms. The van der Waals surface area contributed by atoms with Crippen LogP contribution in [0.1, 0.15) is 10.5 Å². The average molecular weight is 218 g/mol. The molecule has 1 aromatic carbocycles. The molecule has 0 spiro atoms. The average Bonchev–Trinajstić information content (AvgIpc) is 2.22. The molecule has 2 rings (SSSR count). The highest BCUT2D eigenvalue weighted by Crippen LogP contribution is 2.17. The number of aryl methyl sites for hydroxylation is 1. The molecule has 0 aliphatic rings. The first-order chi connectivity index (χ1) is 7.50. The van der Waals surface area contributed by atoms with Crippen LogP contribution in [-0.4, -0.2) is 15.6 Å². The van der Waals surface area contributed by atoms with Crippen LogP contribution in [0.2, 0.25) is 0 Å². The molecule has 82 valence electrons. The molecule has 0 radical (unpaired) electrons. The largest absolute Gasteiger partial charge is 0.508 e. The first kappa shape index (κ1) is 10.2. The van der Waals surface area contributed by atoms with Crippen LogP contribution in [0.15, 0.2) is 29.1 Å². The molecular weight excluding hydrogens is 208 g/mol. The van der Waals surface area contributed by atoms with E-state index in [0.717, 1.165) is 0 Å². The van der Waals surface area contributed by atoms with E-state index in [-0.39, 0.29) is 16.9 Å². The molecule has 0 saturated heterocycles. The van der Waals surface area contributed by atoms with Gasteiger partial charge in [-0.2, -0.15) is 0 Å². The summed E-state index contributed by atoms with van der Waals surface area (Å²) in [5.74, 6) is -0.644. The third kappa shape index (κ3) is 1.42. The standard InChI is InChI=1S/C11H10N2O3/c1-13-8-4-6(14)2-3-7(8)10(15)5-9(13)11(12)16/h2-5,14H,1H3,(H2,12,16). The number of primary amides is 1. The van der Waals surface area contributed by atoms with Crippen molar-refractivity contribution in [3.05, 3.63) is 40.2 Å². The van der Waals surface area contributed by atoms with Crippen LogP contribution in [-0.2, 0) is 7.05 Å². The molecule has 0 unspecified atom stereocenters. The highest BCUT2D eigenvalue weighted by molar-refractivity contribution is 5.94. The maximum absolute atomic E-state index is 11.7. The quantitative estimate of drug-likeness (QED) is 0.723. The molecule has 1 heterocycles. The van der Waals surface area contributed by atoms with E-state index in [0.29, 0.717) is 10.9 Å². The molecule has 1 aromatic heterocycles. The number of phenolic OH excluding ortho intramolecular Hbond substituents is 1. The number of pyridine rings is 1. The minimum atomic E-state index is -0.676. The Morgan fingerprint density at radius 3 is 2.69 bits per heavy atom. The maximum atomic E-state index is 11.7. The first-order valence-electron chi connectivity index (χ1n) is 4.63. The Hall–Kier alpha value is -2.30.